The third-order valence-corrected chi connectivity index (χ3v) is 6.01. The maximum absolute atomic E-state index is 12.6. The van der Waals surface area contributed by atoms with Crippen LogP contribution in [-0.4, -0.2) is 42.4 Å². The highest BCUT2D eigenvalue weighted by molar-refractivity contribution is 9.10. The first-order chi connectivity index (χ1) is 13.6. The normalized spacial score (nSPS) is 17.8. The number of piperidine rings is 1. The van der Waals surface area contributed by atoms with Crippen LogP contribution in [0.25, 0.3) is 0 Å². The highest BCUT2D eigenvalue weighted by atomic mass is 79.9. The number of urea groups is 1. The van der Waals surface area contributed by atoms with Crippen LogP contribution in [0.5, 0.6) is 5.75 Å². The van der Waals surface area contributed by atoms with Gasteiger partial charge < -0.3 is 19.8 Å². The molecule has 0 aliphatic carbocycles. The summed E-state index contributed by atoms with van der Waals surface area (Å²) in [6, 6.07) is 15.4. The molecule has 0 atom stereocenters. The van der Waals surface area contributed by atoms with E-state index in [1.165, 1.54) is 0 Å². The molecule has 2 amide bonds. The van der Waals surface area contributed by atoms with Crippen molar-refractivity contribution < 1.29 is 14.4 Å². The lowest BCUT2D eigenvalue weighted by Crippen LogP contribution is -2.48. The van der Waals surface area contributed by atoms with E-state index in [0.717, 1.165) is 46.4 Å². The molecule has 2 aliphatic heterocycles. The van der Waals surface area contributed by atoms with Crippen LogP contribution in [0.1, 0.15) is 24.8 Å². The average molecular weight is 444 g/mol. The smallest absolute Gasteiger partial charge is 0.321 e. The fraction of sp³-hybridized carbons (Fsp3) is 0.333. The Morgan fingerprint density at radius 1 is 1.21 bits per heavy atom. The molecule has 4 rings (SSSR count). The number of likely N-dealkylation sites (tertiary alicyclic amines) is 1. The molecule has 6 nitrogen and oxygen atoms in total. The molecule has 2 heterocycles. The first-order valence-corrected chi connectivity index (χ1v) is 10.1. The Labute approximate surface area is 172 Å². The van der Waals surface area contributed by atoms with E-state index < -0.39 is 0 Å². The number of hydrogen-bond acceptors (Lipinski definition) is 4. The zero-order chi connectivity index (χ0) is 19.6. The highest BCUT2D eigenvalue weighted by Crippen LogP contribution is 2.36. The topological polar surface area (TPSA) is 63.2 Å². The number of nitrogens with one attached hydrogen (secondary N) is 1. The number of oxime groups is 1. The average Bonchev–Trinajstić information content (AvgIpc) is 3.14. The third kappa shape index (κ3) is 3.85. The number of para-hydroxylation sites is 1. The largest absolute Gasteiger partial charge is 0.497 e. The van der Waals surface area contributed by atoms with Crippen molar-refractivity contribution in [2.45, 2.75) is 24.9 Å². The second-order valence-corrected chi connectivity index (χ2v) is 7.97. The van der Waals surface area contributed by atoms with E-state index in [2.05, 4.69) is 26.4 Å². The first-order valence-electron chi connectivity index (χ1n) is 9.28. The molecule has 28 heavy (non-hydrogen) atoms. The van der Waals surface area contributed by atoms with Crippen LogP contribution in [0.3, 0.4) is 0 Å². The Bertz CT molecular complexity index is 907. The van der Waals surface area contributed by atoms with Gasteiger partial charge in [-0.15, -0.1) is 0 Å². The lowest BCUT2D eigenvalue weighted by Gasteiger charge is -2.37. The van der Waals surface area contributed by atoms with Crippen molar-refractivity contribution in [1.29, 1.82) is 0 Å². The van der Waals surface area contributed by atoms with Crippen LogP contribution in [0.4, 0.5) is 10.5 Å². The lowest BCUT2D eigenvalue weighted by molar-refractivity contribution is -0.0544. The van der Waals surface area contributed by atoms with Gasteiger partial charge >= 0.3 is 6.03 Å². The van der Waals surface area contributed by atoms with Crippen LogP contribution < -0.4 is 10.1 Å². The molecule has 2 aromatic rings. The summed E-state index contributed by atoms with van der Waals surface area (Å²) in [7, 11) is 1.66. The van der Waals surface area contributed by atoms with E-state index in [-0.39, 0.29) is 11.6 Å². The molecule has 1 saturated heterocycles. The summed E-state index contributed by atoms with van der Waals surface area (Å²) in [6.45, 7) is 1.27. The van der Waals surface area contributed by atoms with Gasteiger partial charge in [0.05, 0.1) is 18.5 Å². The summed E-state index contributed by atoms with van der Waals surface area (Å²) in [5, 5.41) is 7.31. The minimum Gasteiger partial charge on any atom is -0.497 e. The van der Waals surface area contributed by atoms with Gasteiger partial charge in [-0.25, -0.2) is 4.79 Å². The number of carbonyl (C=O) groups is 1. The molecule has 1 spiro atoms. The summed E-state index contributed by atoms with van der Waals surface area (Å²) in [6.07, 6.45) is 2.26. The standard InChI is InChI=1S/C21H22BrN3O3/c1-27-16-6-4-5-15(13-16)19-14-21(28-24-19)9-11-25(12-10-21)20(26)23-18-8-3-2-7-17(18)22/h2-8,13H,9-12,14H2,1H3,(H,23,26). The molecule has 0 unspecified atom stereocenters. The monoisotopic (exact) mass is 443 g/mol. The Balaban J connectivity index is 1.35. The quantitative estimate of drug-likeness (QED) is 0.750. The lowest BCUT2D eigenvalue weighted by atomic mass is 9.85. The van der Waals surface area contributed by atoms with E-state index in [4.69, 9.17) is 9.57 Å². The Morgan fingerprint density at radius 3 is 2.75 bits per heavy atom. The van der Waals surface area contributed by atoms with Gasteiger partial charge in [0.15, 0.2) is 0 Å². The minimum absolute atomic E-state index is 0.0892. The predicted octanol–water partition coefficient (Wildman–Crippen LogP) is 4.65. The molecule has 0 aromatic heterocycles. The number of hydrogen-bond donors (Lipinski definition) is 1. The van der Waals surface area contributed by atoms with Crippen molar-refractivity contribution in [1.82, 2.24) is 4.90 Å². The van der Waals surface area contributed by atoms with E-state index in [1.807, 2.05) is 53.4 Å². The van der Waals surface area contributed by atoms with Gasteiger partial charge in [0.25, 0.3) is 0 Å². The van der Waals surface area contributed by atoms with Crippen molar-refractivity contribution in [2.24, 2.45) is 5.16 Å². The molecule has 0 radical (unpaired) electrons. The molecule has 146 valence electrons. The summed E-state index contributed by atoms with van der Waals surface area (Å²) in [5.74, 6) is 0.805. The van der Waals surface area contributed by atoms with Gasteiger partial charge in [0.2, 0.25) is 0 Å². The minimum atomic E-state index is -0.317. The van der Waals surface area contributed by atoms with Gasteiger partial charge in [-0.05, 0) is 40.2 Å². The summed E-state index contributed by atoms with van der Waals surface area (Å²) in [5.41, 5.74) is 2.41. The van der Waals surface area contributed by atoms with Gasteiger partial charge in [0.1, 0.15) is 11.4 Å². The van der Waals surface area contributed by atoms with Gasteiger partial charge in [-0.3, -0.25) is 0 Å². The Morgan fingerprint density at radius 2 is 2.00 bits per heavy atom. The summed E-state index contributed by atoms with van der Waals surface area (Å²) >= 11 is 3.46. The van der Waals surface area contributed by atoms with E-state index in [0.29, 0.717) is 13.1 Å². The zero-order valence-corrected chi connectivity index (χ0v) is 17.2. The molecular weight excluding hydrogens is 422 g/mol. The van der Waals surface area contributed by atoms with Crippen LogP contribution in [-0.2, 0) is 4.84 Å². The highest BCUT2D eigenvalue weighted by Gasteiger charge is 2.43. The molecule has 2 aliphatic rings. The van der Waals surface area contributed by atoms with Crippen LogP contribution >= 0.6 is 15.9 Å². The van der Waals surface area contributed by atoms with Crippen molar-refractivity contribution in [3.8, 4) is 5.75 Å². The molecule has 2 aromatic carbocycles. The predicted molar refractivity (Wildman–Crippen MR) is 112 cm³/mol. The SMILES string of the molecule is COc1cccc(C2=NOC3(CCN(C(=O)Nc4ccccc4Br)CC3)C2)c1. The fourth-order valence-electron chi connectivity index (χ4n) is 3.62. The Hall–Kier alpha value is -2.54. The first kappa shape index (κ1) is 18.8. The molecule has 0 bridgehead atoms. The number of methoxy groups -OCH3 is 1. The molecule has 7 heteroatoms. The van der Waals surface area contributed by atoms with Crippen molar-refractivity contribution >= 4 is 33.4 Å². The molecule has 0 saturated carbocycles. The summed E-state index contributed by atoms with van der Waals surface area (Å²) < 4.78 is 6.17. The van der Waals surface area contributed by atoms with Gasteiger partial charge in [-0.1, -0.05) is 29.4 Å². The fourth-order valence-corrected chi connectivity index (χ4v) is 4.01. The number of amides is 2. The molecule has 1 fully saturated rings. The van der Waals surface area contributed by atoms with Crippen molar-refractivity contribution in [3.63, 3.8) is 0 Å². The van der Waals surface area contributed by atoms with Gasteiger partial charge in [-0.2, -0.15) is 0 Å². The summed E-state index contributed by atoms with van der Waals surface area (Å²) in [4.78, 5) is 20.3. The zero-order valence-electron chi connectivity index (χ0n) is 15.7. The van der Waals surface area contributed by atoms with Crippen LogP contribution in [0.2, 0.25) is 0 Å². The number of ether oxygens (including phenoxy) is 1. The number of nitrogens with zero attached hydrogens (tertiary/aromatic N) is 2. The molecule has 1 N–H and O–H groups in total. The third-order valence-electron chi connectivity index (χ3n) is 5.32. The van der Waals surface area contributed by atoms with Crippen LogP contribution in [0.15, 0.2) is 58.2 Å². The Kier molecular flexibility index (Phi) is 5.26. The number of halogens is 1. The van der Waals surface area contributed by atoms with Crippen molar-refractivity contribution in [3.05, 3.63) is 58.6 Å². The van der Waals surface area contributed by atoms with E-state index in [1.54, 1.807) is 7.11 Å². The van der Waals surface area contributed by atoms with Crippen LogP contribution in [0, 0.1) is 0 Å². The number of rotatable bonds is 3. The van der Waals surface area contributed by atoms with Gasteiger partial charge in [0, 0.05) is 42.4 Å². The number of anilines is 1. The maximum Gasteiger partial charge on any atom is 0.321 e. The van der Waals surface area contributed by atoms with E-state index in [9.17, 15) is 4.79 Å². The second-order valence-electron chi connectivity index (χ2n) is 7.12. The number of carbonyl (C=O) groups excluding carboxylic acids is 1. The van der Waals surface area contributed by atoms with Crippen molar-refractivity contribution in [2.75, 3.05) is 25.5 Å². The maximum atomic E-state index is 12.6. The number of benzene rings is 2. The second kappa shape index (κ2) is 7.83. The molecular formula is C21H22BrN3O3. The van der Waals surface area contributed by atoms with E-state index >= 15 is 0 Å².